The van der Waals surface area contributed by atoms with Crippen molar-refractivity contribution in [2.45, 2.75) is 6.04 Å². The molecule has 1 amide bonds. The van der Waals surface area contributed by atoms with Gasteiger partial charge in [-0.05, 0) is 12.1 Å². The largest absolute Gasteiger partial charge is 0.481 e. The van der Waals surface area contributed by atoms with Crippen LogP contribution in [0.3, 0.4) is 0 Å². The lowest BCUT2D eigenvalue weighted by Gasteiger charge is -2.26. The van der Waals surface area contributed by atoms with E-state index in [4.69, 9.17) is 9.84 Å². The maximum atomic E-state index is 12.1. The van der Waals surface area contributed by atoms with Gasteiger partial charge in [0.1, 0.15) is 5.92 Å². The van der Waals surface area contributed by atoms with E-state index < -0.39 is 17.9 Å². The van der Waals surface area contributed by atoms with Crippen LogP contribution in [0.2, 0.25) is 0 Å². The number of nitrogens with zero attached hydrogens (tertiary/aromatic N) is 2. The van der Waals surface area contributed by atoms with Gasteiger partial charge in [0.15, 0.2) is 0 Å². The molecule has 0 spiro atoms. The first-order chi connectivity index (χ1) is 8.61. The lowest BCUT2D eigenvalue weighted by atomic mass is 10.0. The number of rotatable bonds is 3. The Morgan fingerprint density at radius 1 is 1.50 bits per heavy atom. The zero-order chi connectivity index (χ0) is 13.1. The van der Waals surface area contributed by atoms with Crippen molar-refractivity contribution >= 4 is 11.9 Å². The fraction of sp³-hybridized carbons (Fsp3) is 0.417. The second-order valence-corrected chi connectivity index (χ2v) is 4.21. The van der Waals surface area contributed by atoms with Gasteiger partial charge in [-0.1, -0.05) is 0 Å². The zero-order valence-electron chi connectivity index (χ0n) is 9.94. The Morgan fingerprint density at radius 2 is 2.28 bits per heavy atom. The molecular formula is C12H14N2O4. The Labute approximate surface area is 104 Å². The van der Waals surface area contributed by atoms with Gasteiger partial charge in [-0.15, -0.1) is 0 Å². The standard InChI is InChI=1S/C12H14N2O4/c1-14(10-7-18-6-9(10)12(16)17)11(15)8-3-2-4-13-5-8/h2-5,9-10H,6-7H2,1H3,(H,16,17). The summed E-state index contributed by atoms with van der Waals surface area (Å²) in [5.74, 6) is -1.86. The van der Waals surface area contributed by atoms with Crippen molar-refractivity contribution in [3.05, 3.63) is 30.1 Å². The third-order valence-corrected chi connectivity index (χ3v) is 3.09. The number of aliphatic carboxylic acids is 1. The van der Waals surface area contributed by atoms with Gasteiger partial charge in [-0.25, -0.2) is 0 Å². The number of amides is 1. The second kappa shape index (κ2) is 5.14. The molecule has 1 aliphatic rings. The minimum Gasteiger partial charge on any atom is -0.481 e. The second-order valence-electron chi connectivity index (χ2n) is 4.21. The molecule has 2 atom stereocenters. The molecule has 2 heterocycles. The molecule has 2 rings (SSSR count). The molecule has 6 nitrogen and oxygen atoms in total. The highest BCUT2D eigenvalue weighted by molar-refractivity contribution is 5.94. The first kappa shape index (κ1) is 12.5. The Hall–Kier alpha value is -1.95. The molecule has 2 unspecified atom stereocenters. The molecule has 1 aromatic heterocycles. The van der Waals surface area contributed by atoms with E-state index in [-0.39, 0.29) is 19.1 Å². The Kier molecular flexibility index (Phi) is 3.57. The van der Waals surface area contributed by atoms with Crippen molar-refractivity contribution in [3.63, 3.8) is 0 Å². The van der Waals surface area contributed by atoms with Crippen LogP contribution in [-0.4, -0.2) is 53.2 Å². The van der Waals surface area contributed by atoms with Gasteiger partial charge in [0, 0.05) is 19.4 Å². The molecule has 1 saturated heterocycles. The molecule has 18 heavy (non-hydrogen) atoms. The fourth-order valence-electron chi connectivity index (χ4n) is 2.00. The smallest absolute Gasteiger partial charge is 0.311 e. The van der Waals surface area contributed by atoms with E-state index in [2.05, 4.69) is 4.98 Å². The van der Waals surface area contributed by atoms with Crippen LogP contribution in [-0.2, 0) is 9.53 Å². The van der Waals surface area contributed by atoms with Gasteiger partial charge in [-0.3, -0.25) is 14.6 Å². The minimum atomic E-state index is -0.941. The molecular weight excluding hydrogens is 236 g/mol. The van der Waals surface area contributed by atoms with Crippen LogP contribution >= 0.6 is 0 Å². The van der Waals surface area contributed by atoms with Gasteiger partial charge < -0.3 is 14.7 Å². The van der Waals surface area contributed by atoms with Gasteiger partial charge in [0.25, 0.3) is 5.91 Å². The molecule has 1 fully saturated rings. The zero-order valence-corrected chi connectivity index (χ0v) is 9.94. The Bertz CT molecular complexity index is 449. The maximum absolute atomic E-state index is 12.1. The number of carbonyl (C=O) groups is 2. The summed E-state index contributed by atoms with van der Waals surface area (Å²) in [5.41, 5.74) is 0.441. The number of carboxylic acids is 1. The van der Waals surface area contributed by atoms with Gasteiger partial charge in [0.05, 0.1) is 24.8 Å². The van der Waals surface area contributed by atoms with E-state index in [0.717, 1.165) is 0 Å². The molecule has 1 N–H and O–H groups in total. The average molecular weight is 250 g/mol. The fourth-order valence-corrected chi connectivity index (χ4v) is 2.00. The van der Waals surface area contributed by atoms with E-state index in [1.54, 1.807) is 25.4 Å². The van der Waals surface area contributed by atoms with E-state index >= 15 is 0 Å². The number of hydrogen-bond acceptors (Lipinski definition) is 4. The molecule has 0 bridgehead atoms. The monoisotopic (exact) mass is 250 g/mol. The lowest BCUT2D eigenvalue weighted by Crippen LogP contribution is -2.44. The molecule has 0 radical (unpaired) electrons. The summed E-state index contributed by atoms with van der Waals surface area (Å²) in [6, 6.07) is 2.88. The van der Waals surface area contributed by atoms with E-state index in [1.807, 2.05) is 0 Å². The first-order valence-electron chi connectivity index (χ1n) is 5.59. The minimum absolute atomic E-state index is 0.144. The summed E-state index contributed by atoms with van der Waals surface area (Å²) < 4.78 is 5.15. The summed E-state index contributed by atoms with van der Waals surface area (Å²) in [6.07, 6.45) is 3.04. The summed E-state index contributed by atoms with van der Waals surface area (Å²) >= 11 is 0. The van der Waals surface area contributed by atoms with Crippen LogP contribution in [0.1, 0.15) is 10.4 Å². The molecule has 6 heteroatoms. The summed E-state index contributed by atoms with van der Waals surface area (Å²) in [5, 5.41) is 9.05. The quantitative estimate of drug-likeness (QED) is 0.832. The highest BCUT2D eigenvalue weighted by Gasteiger charge is 2.38. The van der Waals surface area contributed by atoms with Crippen molar-refractivity contribution in [1.82, 2.24) is 9.88 Å². The summed E-state index contributed by atoms with van der Waals surface area (Å²) in [4.78, 5) is 28.5. The van der Waals surface area contributed by atoms with Crippen molar-refractivity contribution in [2.24, 2.45) is 5.92 Å². The van der Waals surface area contributed by atoms with Crippen molar-refractivity contribution in [2.75, 3.05) is 20.3 Å². The molecule has 0 aromatic carbocycles. The number of hydrogen-bond donors (Lipinski definition) is 1. The van der Waals surface area contributed by atoms with E-state index in [0.29, 0.717) is 5.56 Å². The van der Waals surface area contributed by atoms with Crippen molar-refractivity contribution in [3.8, 4) is 0 Å². The van der Waals surface area contributed by atoms with Crippen LogP contribution in [0.25, 0.3) is 0 Å². The van der Waals surface area contributed by atoms with E-state index in [9.17, 15) is 9.59 Å². The third-order valence-electron chi connectivity index (χ3n) is 3.09. The molecule has 0 saturated carbocycles. The molecule has 0 aliphatic carbocycles. The third kappa shape index (κ3) is 2.33. The van der Waals surface area contributed by atoms with Crippen molar-refractivity contribution < 1.29 is 19.4 Å². The van der Waals surface area contributed by atoms with Gasteiger partial charge in [0.2, 0.25) is 0 Å². The SMILES string of the molecule is CN(C(=O)c1cccnc1)C1COCC1C(=O)O. The molecule has 96 valence electrons. The lowest BCUT2D eigenvalue weighted by molar-refractivity contribution is -0.142. The maximum Gasteiger partial charge on any atom is 0.311 e. The summed E-state index contributed by atoms with van der Waals surface area (Å²) in [6.45, 7) is 0.393. The van der Waals surface area contributed by atoms with Gasteiger partial charge >= 0.3 is 5.97 Å². The summed E-state index contributed by atoms with van der Waals surface area (Å²) in [7, 11) is 1.59. The Morgan fingerprint density at radius 3 is 2.89 bits per heavy atom. The predicted octanol–water partition coefficient (Wildman–Crippen LogP) is 0.253. The number of carbonyl (C=O) groups excluding carboxylic acids is 1. The Balaban J connectivity index is 2.14. The van der Waals surface area contributed by atoms with Gasteiger partial charge in [-0.2, -0.15) is 0 Å². The first-order valence-corrected chi connectivity index (χ1v) is 5.59. The van der Waals surface area contributed by atoms with Crippen LogP contribution in [0.15, 0.2) is 24.5 Å². The number of likely N-dealkylation sites (N-methyl/N-ethyl adjacent to an activating group) is 1. The number of ether oxygens (including phenoxy) is 1. The van der Waals surface area contributed by atoms with Crippen LogP contribution in [0.5, 0.6) is 0 Å². The number of aromatic nitrogens is 1. The highest BCUT2D eigenvalue weighted by atomic mass is 16.5. The predicted molar refractivity (Wildman–Crippen MR) is 62.1 cm³/mol. The van der Waals surface area contributed by atoms with Crippen LogP contribution < -0.4 is 0 Å². The normalized spacial score (nSPS) is 22.7. The number of carboxylic acid groups (broad SMARTS) is 1. The van der Waals surface area contributed by atoms with Crippen LogP contribution in [0, 0.1) is 5.92 Å². The van der Waals surface area contributed by atoms with Crippen molar-refractivity contribution in [1.29, 1.82) is 0 Å². The van der Waals surface area contributed by atoms with Crippen LogP contribution in [0.4, 0.5) is 0 Å². The topological polar surface area (TPSA) is 79.7 Å². The number of pyridine rings is 1. The van der Waals surface area contributed by atoms with E-state index in [1.165, 1.54) is 11.1 Å². The highest BCUT2D eigenvalue weighted by Crippen LogP contribution is 2.20. The molecule has 1 aliphatic heterocycles. The molecule has 1 aromatic rings. The average Bonchev–Trinajstić information content (AvgIpc) is 2.87.